The highest BCUT2D eigenvalue weighted by atomic mass is 35.5. The summed E-state index contributed by atoms with van der Waals surface area (Å²) in [4.78, 5) is 26.4. The molecule has 0 bridgehead atoms. The maximum atomic E-state index is 13.9. The van der Waals surface area contributed by atoms with Gasteiger partial charge in [-0.1, -0.05) is 25.1 Å². The van der Waals surface area contributed by atoms with Crippen LogP contribution in [0.5, 0.6) is 0 Å². The molecule has 2 aromatic carbocycles. The van der Waals surface area contributed by atoms with Crippen molar-refractivity contribution in [1.82, 2.24) is 9.47 Å². The predicted octanol–water partition coefficient (Wildman–Crippen LogP) is -1.58. The quantitative estimate of drug-likeness (QED) is 0.260. The first-order valence-corrected chi connectivity index (χ1v) is 14.0. The minimum absolute atomic E-state index is 0. The Balaban J connectivity index is 0.00000308. The fourth-order valence-electron chi connectivity index (χ4n) is 6.30. The molecule has 1 fully saturated rings. The van der Waals surface area contributed by atoms with Gasteiger partial charge in [0.2, 0.25) is 12.2 Å². The number of benzene rings is 2. The van der Waals surface area contributed by atoms with Gasteiger partial charge in [0.25, 0.3) is 10.0 Å². The number of fused-ring (bicyclic) bond motifs is 1. The number of carboxylic acid groups (broad SMARTS) is 1. The summed E-state index contributed by atoms with van der Waals surface area (Å²) in [6.07, 6.45) is 5.58. The third-order valence-corrected chi connectivity index (χ3v) is 9.91. The lowest BCUT2D eigenvalue weighted by Gasteiger charge is -2.46. The van der Waals surface area contributed by atoms with Crippen molar-refractivity contribution in [2.24, 2.45) is 18.9 Å². The van der Waals surface area contributed by atoms with Crippen molar-refractivity contribution < 1.29 is 45.2 Å². The van der Waals surface area contributed by atoms with Gasteiger partial charge in [-0.05, 0) is 35.6 Å². The zero-order valence-electron chi connectivity index (χ0n) is 21.7. The van der Waals surface area contributed by atoms with Gasteiger partial charge in [0, 0.05) is 17.7 Å². The lowest BCUT2D eigenvalue weighted by atomic mass is 9.78. The number of aromatic nitrogens is 2. The van der Waals surface area contributed by atoms with Gasteiger partial charge in [0.15, 0.2) is 0 Å². The molecule has 1 aromatic heterocycles. The molecule has 0 aliphatic carbocycles. The van der Waals surface area contributed by atoms with Gasteiger partial charge in [-0.25, -0.2) is 22.3 Å². The number of amides is 1. The third-order valence-electron chi connectivity index (χ3n) is 8.13. The van der Waals surface area contributed by atoms with Gasteiger partial charge in [-0.15, -0.1) is 0 Å². The van der Waals surface area contributed by atoms with Crippen molar-refractivity contribution in [3.8, 4) is 0 Å². The number of aryl methyl sites for hydroxylation is 3. The number of aliphatic carboxylic acids is 1. The zero-order valence-corrected chi connectivity index (χ0v) is 23.2. The number of β-lactam (4-membered cyclic amide) rings is 1. The molecule has 0 saturated carbocycles. The maximum absolute atomic E-state index is 13.9. The summed E-state index contributed by atoms with van der Waals surface area (Å²) in [5, 5.41) is 21.6. The molecular formula is C27H29ClN4O6S. The number of rotatable bonds is 7. The van der Waals surface area contributed by atoms with Crippen LogP contribution in [0.15, 0.2) is 65.2 Å². The third kappa shape index (κ3) is 3.94. The van der Waals surface area contributed by atoms with E-state index in [1.807, 2.05) is 47.0 Å². The monoisotopic (exact) mass is 572 g/mol. The number of anilines is 1. The second-order valence-corrected chi connectivity index (χ2v) is 12.3. The minimum atomic E-state index is -3.98. The number of halogens is 1. The highest BCUT2D eigenvalue weighted by molar-refractivity contribution is 7.93. The molecule has 0 radical (unpaired) electrons. The Morgan fingerprint density at radius 3 is 2.62 bits per heavy atom. The van der Waals surface area contributed by atoms with Gasteiger partial charge in [0.1, 0.15) is 18.1 Å². The van der Waals surface area contributed by atoms with Crippen LogP contribution in [0.1, 0.15) is 19.4 Å². The summed E-state index contributed by atoms with van der Waals surface area (Å²) in [6, 6.07) is 8.64. The Morgan fingerprint density at radius 2 is 1.97 bits per heavy atom. The summed E-state index contributed by atoms with van der Waals surface area (Å²) >= 11 is 0. The number of carbonyl (C=O) groups is 2. The Hall–Kier alpha value is -3.41. The van der Waals surface area contributed by atoms with Gasteiger partial charge >= 0.3 is 5.97 Å². The summed E-state index contributed by atoms with van der Waals surface area (Å²) in [6.45, 7) is 3.82. The van der Waals surface area contributed by atoms with Crippen molar-refractivity contribution in [2.75, 3.05) is 10.8 Å². The molecule has 0 unspecified atom stereocenters. The van der Waals surface area contributed by atoms with E-state index in [2.05, 4.69) is 0 Å². The molecule has 39 heavy (non-hydrogen) atoms. The Bertz CT molecular complexity index is 1660. The molecule has 3 aromatic rings. The van der Waals surface area contributed by atoms with E-state index in [9.17, 15) is 28.2 Å². The van der Waals surface area contributed by atoms with E-state index in [1.54, 1.807) is 25.1 Å². The molecule has 1 amide bonds. The molecule has 0 spiro atoms. The summed E-state index contributed by atoms with van der Waals surface area (Å²) < 4.78 is 33.1. The summed E-state index contributed by atoms with van der Waals surface area (Å²) in [5.41, 5.74) is 1.58. The second kappa shape index (κ2) is 9.35. The van der Waals surface area contributed by atoms with Gasteiger partial charge in [0.05, 0.1) is 48.8 Å². The van der Waals surface area contributed by atoms with Gasteiger partial charge in [-0.2, -0.15) is 0 Å². The Kier molecular flexibility index (Phi) is 6.52. The average Bonchev–Trinajstić information content (AvgIpc) is 3.44. The number of nitrogens with zero attached hydrogens (tertiary/aromatic N) is 4. The number of carbonyl (C=O) groups excluding carboxylic acids is 1. The Labute approximate surface area is 232 Å². The summed E-state index contributed by atoms with van der Waals surface area (Å²) in [7, 11) is -2.04. The van der Waals surface area contributed by atoms with E-state index in [0.29, 0.717) is 29.6 Å². The molecule has 3 aliphatic heterocycles. The van der Waals surface area contributed by atoms with Crippen LogP contribution in [0.2, 0.25) is 0 Å². The highest BCUT2D eigenvalue weighted by Gasteiger charge is 2.60. The number of hydrogen-bond acceptors (Lipinski definition) is 5. The van der Waals surface area contributed by atoms with E-state index in [4.69, 9.17) is 0 Å². The molecule has 3 aliphatic rings. The fourth-order valence-corrected chi connectivity index (χ4v) is 8.04. The van der Waals surface area contributed by atoms with Crippen molar-refractivity contribution in [3.05, 3.63) is 65.9 Å². The van der Waals surface area contributed by atoms with Crippen LogP contribution < -0.4 is 21.3 Å². The molecule has 10 nitrogen and oxygen atoms in total. The molecule has 6 rings (SSSR count). The van der Waals surface area contributed by atoms with E-state index in [-0.39, 0.29) is 29.5 Å². The molecular weight excluding hydrogens is 544 g/mol. The van der Waals surface area contributed by atoms with Crippen LogP contribution in [0, 0.1) is 11.8 Å². The molecule has 206 valence electrons. The largest absolute Gasteiger partial charge is 1.00 e. The number of carboxylic acids is 1. The van der Waals surface area contributed by atoms with Crippen molar-refractivity contribution in [1.29, 1.82) is 0 Å². The van der Waals surface area contributed by atoms with Crippen molar-refractivity contribution >= 4 is 38.4 Å². The van der Waals surface area contributed by atoms with Crippen LogP contribution in [0.3, 0.4) is 0 Å². The second-order valence-electron chi connectivity index (χ2n) is 10.5. The van der Waals surface area contributed by atoms with Crippen molar-refractivity contribution in [3.63, 3.8) is 0 Å². The number of sulfonamides is 1. The van der Waals surface area contributed by atoms with Crippen LogP contribution >= 0.6 is 0 Å². The Morgan fingerprint density at radius 1 is 1.23 bits per heavy atom. The van der Waals surface area contributed by atoms with Crippen LogP contribution in [-0.2, 0) is 39.6 Å². The first kappa shape index (κ1) is 27.2. The highest BCUT2D eigenvalue weighted by Crippen LogP contribution is 2.49. The maximum Gasteiger partial charge on any atom is 0.352 e. The SMILES string of the molecule is C[C@@H](O)[C@H]1C(=O)N2C(C(=O)O)=C(CN3c4cccc5cc(CCn6cc[n+](C)c6)cc(c45)S3(=O)=O)[C@H](C)[C@H]12.[Cl-]. The standard InChI is InChI=1S/C27H28N4O6S.ClH/c1-15-19(25(27(34)35)31-24(15)22(16(2)32)26(31)33)13-30-20-6-4-5-18-11-17(7-8-29-10-9-28(3)14-29)12-21(23(18)20)38(30,36)37;/h4-6,9-12,14-16,22,24,32H,7-8,13H2,1-3H3;1H/t15-,16+,22+,24+;/m0./s1. The molecule has 1 saturated heterocycles. The molecule has 4 atom stereocenters. The predicted molar refractivity (Wildman–Crippen MR) is 137 cm³/mol. The summed E-state index contributed by atoms with van der Waals surface area (Å²) in [5.74, 6) is -2.85. The van der Waals surface area contributed by atoms with Crippen LogP contribution in [0.4, 0.5) is 5.69 Å². The van der Waals surface area contributed by atoms with Crippen LogP contribution in [-0.4, -0.2) is 58.7 Å². The van der Waals surface area contributed by atoms with E-state index in [0.717, 1.165) is 10.9 Å². The van der Waals surface area contributed by atoms with Crippen molar-refractivity contribution in [2.45, 2.75) is 43.9 Å². The first-order valence-electron chi connectivity index (χ1n) is 12.6. The topological polar surface area (TPSA) is 124 Å². The number of aliphatic hydroxyl groups excluding tert-OH is 1. The zero-order chi connectivity index (χ0) is 27.1. The first-order chi connectivity index (χ1) is 18.0. The number of aliphatic hydroxyl groups is 1. The molecule has 4 heterocycles. The minimum Gasteiger partial charge on any atom is -1.00 e. The van der Waals surface area contributed by atoms with Gasteiger partial charge < -0.3 is 27.5 Å². The lowest BCUT2D eigenvalue weighted by Crippen LogP contribution is -3.00. The number of hydrogen-bond donors (Lipinski definition) is 2. The van der Waals surface area contributed by atoms with Gasteiger partial charge in [-0.3, -0.25) is 9.10 Å². The fraction of sp³-hybridized carbons (Fsp3) is 0.370. The lowest BCUT2D eigenvalue weighted by molar-refractivity contribution is -0.671. The molecule has 12 heteroatoms. The molecule has 2 N–H and O–H groups in total. The number of imidazole rings is 1. The smallest absolute Gasteiger partial charge is 0.352 e. The van der Waals surface area contributed by atoms with E-state index < -0.39 is 45.9 Å². The average molecular weight is 573 g/mol. The van der Waals surface area contributed by atoms with E-state index in [1.165, 1.54) is 16.1 Å². The van der Waals surface area contributed by atoms with Crippen LogP contribution in [0.25, 0.3) is 10.8 Å². The normalized spacial score (nSPS) is 23.6. The van der Waals surface area contributed by atoms with E-state index >= 15 is 0 Å².